The van der Waals surface area contributed by atoms with Crippen LogP contribution < -0.4 is 11.1 Å². The van der Waals surface area contributed by atoms with E-state index < -0.39 is 47.3 Å². The number of unbranched alkanes of at least 4 members (excludes halogenated alkanes) is 1. The Morgan fingerprint density at radius 1 is 1.14 bits per heavy atom. The summed E-state index contributed by atoms with van der Waals surface area (Å²) in [7, 11) is 1.53. The molecule has 1 aromatic heterocycles. The molecule has 0 spiro atoms. The molecule has 0 bridgehead atoms. The lowest BCUT2D eigenvalue weighted by molar-refractivity contribution is -0.164. The van der Waals surface area contributed by atoms with Crippen LogP contribution in [0.1, 0.15) is 58.1 Å². The number of nitrogens with zero attached hydrogens (tertiary/aromatic N) is 2. The van der Waals surface area contributed by atoms with Gasteiger partial charge in [0.15, 0.2) is 0 Å². The fraction of sp³-hybridized carbons (Fsp3) is 0.500. The van der Waals surface area contributed by atoms with Gasteiger partial charge < -0.3 is 20.7 Å². The summed E-state index contributed by atoms with van der Waals surface area (Å²) in [6.07, 6.45) is 5.29. The average molecular weight is 515 g/mol. The molecule has 0 radical (unpaired) electrons. The van der Waals surface area contributed by atoms with E-state index in [1.165, 1.54) is 18.0 Å². The highest BCUT2D eigenvalue weighted by atomic mass is 19.1. The van der Waals surface area contributed by atoms with Crippen molar-refractivity contribution < 1.29 is 23.5 Å². The molecule has 0 aliphatic carbocycles. The van der Waals surface area contributed by atoms with E-state index in [2.05, 4.69) is 10.3 Å². The van der Waals surface area contributed by atoms with E-state index in [-0.39, 0.29) is 12.8 Å². The zero-order chi connectivity index (χ0) is 27.6. The minimum atomic E-state index is -1.05. The van der Waals surface area contributed by atoms with Crippen molar-refractivity contribution in [2.75, 3.05) is 7.05 Å². The third kappa shape index (κ3) is 9.57. The molecule has 8 nitrogen and oxygen atoms in total. The van der Waals surface area contributed by atoms with E-state index in [9.17, 15) is 18.8 Å². The van der Waals surface area contributed by atoms with Gasteiger partial charge in [-0.2, -0.15) is 0 Å². The number of halogens is 1. The largest absolute Gasteiger partial charge is 0.458 e. The zero-order valence-corrected chi connectivity index (χ0v) is 22.4. The molecule has 2 rings (SSSR count). The summed E-state index contributed by atoms with van der Waals surface area (Å²) < 4.78 is 19.6. The Balaban J connectivity index is 2.22. The molecule has 0 saturated carbocycles. The average Bonchev–Trinajstić information content (AvgIpc) is 2.85. The molecule has 2 aromatic rings. The molecule has 37 heavy (non-hydrogen) atoms. The zero-order valence-electron chi connectivity index (χ0n) is 22.4. The highest BCUT2D eigenvalue weighted by Gasteiger charge is 2.35. The summed E-state index contributed by atoms with van der Waals surface area (Å²) in [5.74, 6) is -1.99. The Morgan fingerprint density at radius 2 is 1.84 bits per heavy atom. The molecule has 2 amide bonds. The van der Waals surface area contributed by atoms with Crippen LogP contribution in [-0.2, 0) is 32.0 Å². The molecule has 1 heterocycles. The standard InChI is InChI=1S/C28H39FN4O4/c1-6-7-14-23(32-25(34)22(30)17-20-12-8-9-13-21(20)29)26(35)33(5)24(27(36)37-28(2,3)4)16-19-11-10-15-31-18-19/h8-13,15,18,22-24H,6-7,14,16-17,30H2,1-5H3,(H,32,34)/t22-,23-,24-/m0/s1. The SMILES string of the molecule is CCCC[C@H](NC(=O)[C@@H](N)Cc1ccccc1F)C(=O)N(C)[C@@H](Cc1cccnc1)C(=O)OC(C)(C)C. The summed E-state index contributed by atoms with van der Waals surface area (Å²) in [5, 5.41) is 2.74. The molecule has 0 saturated heterocycles. The minimum absolute atomic E-state index is 0.00935. The maximum absolute atomic E-state index is 14.0. The Morgan fingerprint density at radius 3 is 2.43 bits per heavy atom. The lowest BCUT2D eigenvalue weighted by Gasteiger charge is -2.32. The van der Waals surface area contributed by atoms with Crippen molar-refractivity contribution in [2.24, 2.45) is 5.73 Å². The van der Waals surface area contributed by atoms with Gasteiger partial charge in [0, 0.05) is 25.9 Å². The molecule has 0 aliphatic heterocycles. The fourth-order valence-corrected chi connectivity index (χ4v) is 3.83. The monoisotopic (exact) mass is 514 g/mol. The predicted molar refractivity (Wildman–Crippen MR) is 140 cm³/mol. The van der Waals surface area contributed by atoms with E-state index in [0.717, 1.165) is 12.0 Å². The van der Waals surface area contributed by atoms with Gasteiger partial charge in [-0.25, -0.2) is 9.18 Å². The van der Waals surface area contributed by atoms with E-state index in [1.54, 1.807) is 57.4 Å². The van der Waals surface area contributed by atoms with Gasteiger partial charge in [-0.05, 0) is 56.9 Å². The van der Waals surface area contributed by atoms with Gasteiger partial charge in [0.2, 0.25) is 11.8 Å². The third-order valence-corrected chi connectivity index (χ3v) is 5.84. The molecule has 0 unspecified atom stereocenters. The number of hydrogen-bond acceptors (Lipinski definition) is 6. The van der Waals surface area contributed by atoms with Crippen molar-refractivity contribution in [1.82, 2.24) is 15.2 Å². The Kier molecular flexibility index (Phi) is 11.2. The number of amides is 2. The van der Waals surface area contributed by atoms with Crippen LogP contribution in [-0.4, -0.2) is 58.4 Å². The number of rotatable bonds is 12. The molecular weight excluding hydrogens is 475 g/mol. The van der Waals surface area contributed by atoms with Crippen LogP contribution in [0.15, 0.2) is 48.8 Å². The van der Waals surface area contributed by atoms with Crippen LogP contribution in [0.2, 0.25) is 0 Å². The molecular formula is C28H39FN4O4. The van der Waals surface area contributed by atoms with Gasteiger partial charge in [0.25, 0.3) is 0 Å². The van der Waals surface area contributed by atoms with Crippen molar-refractivity contribution in [1.29, 1.82) is 0 Å². The van der Waals surface area contributed by atoms with E-state index in [1.807, 2.05) is 13.0 Å². The maximum Gasteiger partial charge on any atom is 0.329 e. The summed E-state index contributed by atoms with van der Waals surface area (Å²) in [4.78, 5) is 45.1. The van der Waals surface area contributed by atoms with Gasteiger partial charge >= 0.3 is 5.97 Å². The van der Waals surface area contributed by atoms with Gasteiger partial charge in [-0.15, -0.1) is 0 Å². The van der Waals surface area contributed by atoms with Gasteiger partial charge in [-0.3, -0.25) is 14.6 Å². The number of pyridine rings is 1. The molecule has 3 atom stereocenters. The quantitative estimate of drug-likeness (QED) is 0.421. The van der Waals surface area contributed by atoms with E-state index in [4.69, 9.17) is 10.5 Å². The highest BCUT2D eigenvalue weighted by molar-refractivity contribution is 5.92. The highest BCUT2D eigenvalue weighted by Crippen LogP contribution is 2.17. The topological polar surface area (TPSA) is 115 Å². The number of nitrogens with two attached hydrogens (primary N) is 1. The number of nitrogens with one attached hydrogen (secondary N) is 1. The minimum Gasteiger partial charge on any atom is -0.458 e. The Bertz CT molecular complexity index is 1040. The first-order valence-corrected chi connectivity index (χ1v) is 12.6. The third-order valence-electron chi connectivity index (χ3n) is 5.84. The Hall–Kier alpha value is -3.33. The first-order chi connectivity index (χ1) is 17.4. The number of hydrogen-bond donors (Lipinski definition) is 2. The van der Waals surface area contributed by atoms with Gasteiger partial charge in [-0.1, -0.05) is 44.0 Å². The number of carbonyl (C=O) groups is 3. The molecule has 202 valence electrons. The smallest absolute Gasteiger partial charge is 0.329 e. The maximum atomic E-state index is 14.0. The summed E-state index contributed by atoms with van der Waals surface area (Å²) in [5.41, 5.74) is 6.40. The van der Waals surface area contributed by atoms with Gasteiger partial charge in [0.1, 0.15) is 23.5 Å². The van der Waals surface area contributed by atoms with E-state index >= 15 is 0 Å². The first kappa shape index (κ1) is 29.9. The summed E-state index contributed by atoms with van der Waals surface area (Å²) >= 11 is 0. The molecule has 9 heteroatoms. The number of carbonyl (C=O) groups excluding carboxylic acids is 3. The van der Waals surface area contributed by atoms with E-state index in [0.29, 0.717) is 18.4 Å². The molecule has 1 aromatic carbocycles. The van der Waals surface area contributed by atoms with Crippen LogP contribution >= 0.6 is 0 Å². The number of likely N-dealkylation sites (N-methyl/N-ethyl adjacent to an activating group) is 1. The lowest BCUT2D eigenvalue weighted by atomic mass is 10.0. The normalized spacial score (nSPS) is 13.8. The second-order valence-corrected chi connectivity index (χ2v) is 10.2. The van der Waals surface area contributed by atoms with Gasteiger partial charge in [0.05, 0.1) is 6.04 Å². The first-order valence-electron chi connectivity index (χ1n) is 12.6. The molecule has 0 fully saturated rings. The van der Waals surface area contributed by atoms with Crippen molar-refractivity contribution in [2.45, 2.75) is 83.5 Å². The van der Waals surface area contributed by atoms with Crippen molar-refractivity contribution in [3.63, 3.8) is 0 Å². The Labute approximate surface area is 218 Å². The second-order valence-electron chi connectivity index (χ2n) is 10.2. The molecule has 0 aliphatic rings. The van der Waals surface area contributed by atoms with Crippen LogP contribution in [0.5, 0.6) is 0 Å². The number of aromatic nitrogens is 1. The number of esters is 1. The second kappa shape index (κ2) is 13.8. The summed E-state index contributed by atoms with van der Waals surface area (Å²) in [6.45, 7) is 7.25. The predicted octanol–water partition coefficient (Wildman–Crippen LogP) is 3.18. The van der Waals surface area contributed by atoms with Crippen LogP contribution in [0.4, 0.5) is 4.39 Å². The number of benzene rings is 1. The van der Waals surface area contributed by atoms with Crippen LogP contribution in [0.3, 0.4) is 0 Å². The van der Waals surface area contributed by atoms with Crippen LogP contribution in [0, 0.1) is 5.82 Å². The number of ether oxygens (including phenoxy) is 1. The summed E-state index contributed by atoms with van der Waals surface area (Å²) in [6, 6.07) is 6.81. The van der Waals surface area contributed by atoms with Crippen molar-refractivity contribution >= 4 is 17.8 Å². The van der Waals surface area contributed by atoms with Crippen molar-refractivity contribution in [3.8, 4) is 0 Å². The fourth-order valence-electron chi connectivity index (χ4n) is 3.83. The lowest BCUT2D eigenvalue weighted by Crippen LogP contribution is -2.56. The van der Waals surface area contributed by atoms with Crippen LogP contribution in [0.25, 0.3) is 0 Å². The molecule has 3 N–H and O–H groups in total. The van der Waals surface area contributed by atoms with Crippen molar-refractivity contribution in [3.05, 3.63) is 65.7 Å².